The number of aryl methyl sites for hydroxylation is 2. The molecular weight excluding hydrogens is 450 g/mol. The van der Waals surface area contributed by atoms with Crippen molar-refractivity contribution in [2.24, 2.45) is 0 Å². The van der Waals surface area contributed by atoms with Crippen LogP contribution in [0.5, 0.6) is 0 Å². The average molecular weight is 481 g/mol. The smallest absolute Gasteiger partial charge is 0.251 e. The summed E-state index contributed by atoms with van der Waals surface area (Å²) in [5, 5.41) is 21.6. The van der Waals surface area contributed by atoms with Crippen molar-refractivity contribution >= 4 is 16.8 Å². The van der Waals surface area contributed by atoms with Crippen LogP contribution in [0.2, 0.25) is 0 Å². The molecule has 0 saturated carbocycles. The van der Waals surface area contributed by atoms with Gasteiger partial charge in [0.25, 0.3) is 5.91 Å². The van der Waals surface area contributed by atoms with Crippen LogP contribution < -0.4 is 5.32 Å². The van der Waals surface area contributed by atoms with Crippen molar-refractivity contribution in [3.05, 3.63) is 89.4 Å². The van der Waals surface area contributed by atoms with Gasteiger partial charge >= 0.3 is 0 Å². The average Bonchev–Trinajstić information content (AvgIpc) is 3.49. The van der Waals surface area contributed by atoms with Crippen molar-refractivity contribution in [3.8, 4) is 0 Å². The van der Waals surface area contributed by atoms with E-state index in [-0.39, 0.29) is 12.3 Å². The minimum Gasteiger partial charge on any atom is -0.391 e. The zero-order chi connectivity index (χ0) is 24.8. The first kappa shape index (κ1) is 24.6. The lowest BCUT2D eigenvalue weighted by molar-refractivity contribution is 0.0814. The standard InChI is InChI=1S/C27H30F2N4O2/c1-2-3-11-33-12-9-19-4-5-20(16-25(19)33)27(35)31-24(15-18-13-21(28)17-22(29)14-18)26(34)7-6-23-8-10-30-32-23/h4-5,8-10,12-14,16-17,24,26,34H,2-3,6-7,11,15H2,1H3,(H,30,32)(H,31,35). The van der Waals surface area contributed by atoms with Gasteiger partial charge in [-0.15, -0.1) is 0 Å². The molecule has 2 aromatic heterocycles. The molecule has 2 unspecified atom stereocenters. The highest BCUT2D eigenvalue weighted by molar-refractivity contribution is 5.98. The number of halogens is 2. The van der Waals surface area contributed by atoms with Crippen LogP contribution in [0.15, 0.2) is 60.9 Å². The van der Waals surface area contributed by atoms with Crippen LogP contribution in [-0.4, -0.2) is 37.9 Å². The summed E-state index contributed by atoms with van der Waals surface area (Å²) in [4.78, 5) is 13.2. The Bertz CT molecular complexity index is 1250. The van der Waals surface area contributed by atoms with E-state index in [0.29, 0.717) is 24.0 Å². The first-order valence-electron chi connectivity index (χ1n) is 11.9. The fourth-order valence-electron chi connectivity index (χ4n) is 4.29. The highest BCUT2D eigenvalue weighted by atomic mass is 19.1. The molecule has 0 aliphatic carbocycles. The Morgan fingerprint density at radius 2 is 1.94 bits per heavy atom. The van der Waals surface area contributed by atoms with E-state index in [9.17, 15) is 18.7 Å². The van der Waals surface area contributed by atoms with Gasteiger partial charge in [0, 0.05) is 41.8 Å². The predicted octanol–water partition coefficient (Wildman–Crippen LogP) is 4.78. The number of amides is 1. The maximum Gasteiger partial charge on any atom is 0.251 e. The van der Waals surface area contributed by atoms with Crippen LogP contribution in [0.25, 0.3) is 10.9 Å². The Balaban J connectivity index is 1.54. The molecule has 1 amide bonds. The molecule has 184 valence electrons. The van der Waals surface area contributed by atoms with Crippen molar-refractivity contribution < 1.29 is 18.7 Å². The maximum atomic E-state index is 13.8. The minimum absolute atomic E-state index is 0.0830. The van der Waals surface area contributed by atoms with Crippen molar-refractivity contribution in [2.45, 2.75) is 57.7 Å². The van der Waals surface area contributed by atoms with Gasteiger partial charge in [-0.25, -0.2) is 8.78 Å². The number of aromatic amines is 1. The highest BCUT2D eigenvalue weighted by Crippen LogP contribution is 2.20. The van der Waals surface area contributed by atoms with Gasteiger partial charge in [-0.05, 0) is 73.0 Å². The van der Waals surface area contributed by atoms with Crippen LogP contribution in [0.3, 0.4) is 0 Å². The molecule has 8 heteroatoms. The highest BCUT2D eigenvalue weighted by Gasteiger charge is 2.23. The molecule has 0 spiro atoms. The molecule has 0 aliphatic heterocycles. The normalized spacial score (nSPS) is 13.1. The number of unbranched alkanes of at least 4 members (excludes halogenated alkanes) is 1. The summed E-state index contributed by atoms with van der Waals surface area (Å²) >= 11 is 0. The molecule has 2 heterocycles. The topological polar surface area (TPSA) is 82.9 Å². The molecule has 0 bridgehead atoms. The number of H-pyrrole nitrogens is 1. The molecular formula is C27H30F2N4O2. The van der Waals surface area contributed by atoms with E-state index in [1.54, 1.807) is 12.3 Å². The number of hydrogen-bond donors (Lipinski definition) is 3. The number of aromatic nitrogens is 3. The third-order valence-corrected chi connectivity index (χ3v) is 6.22. The molecule has 4 rings (SSSR count). The molecule has 6 nitrogen and oxygen atoms in total. The fourth-order valence-corrected chi connectivity index (χ4v) is 4.29. The van der Waals surface area contributed by atoms with Crippen LogP contribution in [0.1, 0.15) is 47.8 Å². The van der Waals surface area contributed by atoms with Crippen LogP contribution in [0, 0.1) is 11.6 Å². The number of aliphatic hydroxyl groups is 1. The third-order valence-electron chi connectivity index (χ3n) is 6.22. The molecule has 4 aromatic rings. The van der Waals surface area contributed by atoms with Crippen molar-refractivity contribution in [2.75, 3.05) is 0 Å². The minimum atomic E-state index is -0.939. The largest absolute Gasteiger partial charge is 0.391 e. The van der Waals surface area contributed by atoms with Gasteiger partial charge in [-0.1, -0.05) is 19.4 Å². The van der Waals surface area contributed by atoms with Crippen molar-refractivity contribution in [1.82, 2.24) is 20.1 Å². The number of carbonyl (C=O) groups is 1. The van der Waals surface area contributed by atoms with Crippen LogP contribution >= 0.6 is 0 Å². The van der Waals surface area contributed by atoms with Crippen molar-refractivity contribution in [3.63, 3.8) is 0 Å². The summed E-state index contributed by atoms with van der Waals surface area (Å²) in [7, 11) is 0. The number of nitrogens with one attached hydrogen (secondary N) is 2. The van der Waals surface area contributed by atoms with Gasteiger partial charge in [-0.2, -0.15) is 5.10 Å². The van der Waals surface area contributed by atoms with Gasteiger partial charge in [-0.3, -0.25) is 9.89 Å². The first-order valence-corrected chi connectivity index (χ1v) is 11.9. The number of aliphatic hydroxyl groups excluding tert-OH is 1. The molecule has 0 saturated heterocycles. The second-order valence-corrected chi connectivity index (χ2v) is 8.89. The number of benzene rings is 2. The molecule has 0 aliphatic rings. The molecule has 2 atom stereocenters. The number of rotatable bonds is 11. The van der Waals surface area contributed by atoms with Crippen LogP contribution in [-0.2, 0) is 19.4 Å². The molecule has 0 fully saturated rings. The Morgan fingerprint density at radius 3 is 2.66 bits per heavy atom. The van der Waals surface area contributed by atoms with Crippen LogP contribution in [0.4, 0.5) is 8.78 Å². The Kier molecular flexibility index (Phi) is 7.92. The SMILES string of the molecule is CCCCn1ccc2ccc(C(=O)NC(Cc3cc(F)cc(F)c3)C(O)CCc3ccn[nH]3)cc21. The third kappa shape index (κ3) is 6.33. The van der Waals surface area contributed by atoms with Gasteiger partial charge in [0.05, 0.1) is 12.1 Å². The lowest BCUT2D eigenvalue weighted by Gasteiger charge is -2.24. The lowest BCUT2D eigenvalue weighted by Crippen LogP contribution is -2.45. The molecule has 2 aromatic carbocycles. The lowest BCUT2D eigenvalue weighted by atomic mass is 9.97. The monoisotopic (exact) mass is 480 g/mol. The second kappa shape index (κ2) is 11.3. The summed E-state index contributed by atoms with van der Waals surface area (Å²) in [6.45, 7) is 3.00. The van der Waals surface area contributed by atoms with E-state index in [1.165, 1.54) is 12.1 Å². The Hall–Kier alpha value is -3.52. The van der Waals surface area contributed by atoms with E-state index in [4.69, 9.17) is 0 Å². The van der Waals surface area contributed by atoms with E-state index >= 15 is 0 Å². The molecule has 3 N–H and O–H groups in total. The Morgan fingerprint density at radius 1 is 1.14 bits per heavy atom. The summed E-state index contributed by atoms with van der Waals surface area (Å²) in [6, 6.07) is 11.8. The summed E-state index contributed by atoms with van der Waals surface area (Å²) in [5.41, 5.74) is 2.64. The van der Waals surface area contributed by atoms with Gasteiger partial charge < -0.3 is 15.0 Å². The molecule has 0 radical (unpaired) electrons. The van der Waals surface area contributed by atoms with Gasteiger partial charge in [0.1, 0.15) is 11.6 Å². The number of fused-ring (bicyclic) bond motifs is 1. The zero-order valence-electron chi connectivity index (χ0n) is 19.7. The van der Waals surface area contributed by atoms with Gasteiger partial charge in [0.15, 0.2) is 0 Å². The second-order valence-electron chi connectivity index (χ2n) is 8.89. The first-order chi connectivity index (χ1) is 16.9. The number of hydrogen-bond acceptors (Lipinski definition) is 3. The number of carbonyl (C=O) groups excluding carboxylic acids is 1. The summed E-state index contributed by atoms with van der Waals surface area (Å²) in [6.07, 6.45) is 5.75. The van der Waals surface area contributed by atoms with E-state index in [0.717, 1.165) is 42.0 Å². The fraction of sp³-hybridized carbons (Fsp3) is 0.333. The van der Waals surface area contributed by atoms with E-state index in [1.807, 2.05) is 30.5 Å². The Labute approximate surface area is 203 Å². The van der Waals surface area contributed by atoms with Gasteiger partial charge in [0.2, 0.25) is 0 Å². The van der Waals surface area contributed by atoms with Crippen molar-refractivity contribution in [1.29, 1.82) is 0 Å². The summed E-state index contributed by atoms with van der Waals surface area (Å²) in [5.74, 6) is -1.75. The summed E-state index contributed by atoms with van der Waals surface area (Å²) < 4.78 is 29.7. The maximum absolute atomic E-state index is 13.8. The molecule has 35 heavy (non-hydrogen) atoms. The predicted molar refractivity (Wildman–Crippen MR) is 131 cm³/mol. The zero-order valence-corrected chi connectivity index (χ0v) is 19.7. The van der Waals surface area contributed by atoms with E-state index in [2.05, 4.69) is 27.0 Å². The van der Waals surface area contributed by atoms with E-state index < -0.39 is 23.8 Å². The number of nitrogens with zero attached hydrogens (tertiary/aromatic N) is 2. The quantitative estimate of drug-likeness (QED) is 0.289.